The van der Waals surface area contributed by atoms with Crippen LogP contribution in [-0.4, -0.2) is 94.7 Å². The van der Waals surface area contributed by atoms with Crippen LogP contribution in [0.25, 0.3) is 0 Å². The van der Waals surface area contributed by atoms with E-state index in [1.165, 1.54) is 0 Å². The average Bonchev–Trinajstić information content (AvgIpc) is 2.85. The van der Waals surface area contributed by atoms with Crippen LogP contribution in [0.2, 0.25) is 0 Å². The Labute approximate surface area is 253 Å². The van der Waals surface area contributed by atoms with E-state index in [-0.39, 0.29) is 0 Å². The second-order valence-electron chi connectivity index (χ2n) is 10.5. The van der Waals surface area contributed by atoms with Gasteiger partial charge in [0.15, 0.2) is 0 Å². The predicted molar refractivity (Wildman–Crippen MR) is 96.2 cm³/mol. The topological polar surface area (TPSA) is 26.3 Å². The van der Waals surface area contributed by atoms with Gasteiger partial charge in [0.2, 0.25) is 0 Å². The highest BCUT2D eigenvalue weighted by atomic mass is 19.4. The van der Waals surface area contributed by atoms with Crippen molar-refractivity contribution in [3.8, 4) is 0 Å². The van der Waals surface area contributed by atoms with E-state index in [1.54, 1.807) is 0 Å². The van der Waals surface area contributed by atoms with Crippen LogP contribution in [0.3, 0.4) is 0 Å². The predicted octanol–water partition coefficient (Wildman–Crippen LogP) is 10.1. The molecule has 0 saturated carbocycles. The van der Waals surface area contributed by atoms with Crippen molar-refractivity contribution in [1.29, 1.82) is 0 Å². The summed E-state index contributed by atoms with van der Waals surface area (Å²) in [6.07, 6.45) is -8.31. The van der Waals surface area contributed by atoms with E-state index in [0.29, 0.717) is 20.8 Å². The van der Waals surface area contributed by atoms with E-state index in [2.05, 4.69) is 4.74 Å². The van der Waals surface area contributed by atoms with E-state index < -0.39 is 94.7 Å². The highest BCUT2D eigenvalue weighted by Gasteiger charge is 3.01. The number of rotatable bonds is 13. The van der Waals surface area contributed by atoms with Crippen molar-refractivity contribution in [2.45, 2.75) is 110 Å². The number of esters is 1. The zero-order chi connectivity index (χ0) is 41.8. The molecule has 0 aromatic rings. The quantitative estimate of drug-likeness (QED) is 0.137. The number of carbonyl (C=O) groups excluding carboxylic acids is 1. The fourth-order valence-corrected chi connectivity index (χ4v) is 2.82. The normalized spacial score (nSPS) is 16.9. The van der Waals surface area contributed by atoms with Crippen molar-refractivity contribution < 1.29 is 137 Å². The number of halogens is 29. The molecule has 0 heterocycles. The number of hydrogen-bond acceptors (Lipinski definition) is 2. The molecule has 0 aliphatic rings. The van der Waals surface area contributed by atoms with Crippen LogP contribution in [-0.2, 0) is 9.53 Å². The molecule has 2 nitrogen and oxygen atoms in total. The van der Waals surface area contributed by atoms with E-state index in [4.69, 9.17) is 0 Å². The third kappa shape index (κ3) is 5.70. The monoisotopic (exact) mass is 820 g/mol. The molecule has 0 saturated heterocycles. The summed E-state index contributed by atoms with van der Waals surface area (Å²) in [7, 11) is 0. The lowest BCUT2D eigenvalue weighted by molar-refractivity contribution is -0.486. The Morgan fingerprint density at radius 2 is 0.460 bits per heavy atom. The lowest BCUT2D eigenvalue weighted by Gasteiger charge is -2.46. The molecule has 0 spiro atoms. The van der Waals surface area contributed by atoms with Crippen LogP contribution >= 0.6 is 0 Å². The van der Waals surface area contributed by atoms with E-state index >= 15 is 0 Å². The van der Waals surface area contributed by atoms with Crippen LogP contribution < -0.4 is 0 Å². The van der Waals surface area contributed by atoms with Gasteiger partial charge in [-0.15, -0.1) is 0 Å². The third-order valence-corrected chi connectivity index (χ3v) is 5.74. The lowest BCUT2D eigenvalue weighted by atomic mass is 9.83. The van der Waals surface area contributed by atoms with Gasteiger partial charge in [-0.2, -0.15) is 127 Å². The van der Waals surface area contributed by atoms with Crippen LogP contribution in [0.4, 0.5) is 127 Å². The van der Waals surface area contributed by atoms with Crippen molar-refractivity contribution in [1.82, 2.24) is 0 Å². The van der Waals surface area contributed by atoms with Crippen molar-refractivity contribution in [3.63, 3.8) is 0 Å². The first-order valence-electron chi connectivity index (χ1n) is 11.1. The van der Waals surface area contributed by atoms with Crippen molar-refractivity contribution in [3.05, 3.63) is 0 Å². The van der Waals surface area contributed by atoms with E-state index in [1.807, 2.05) is 0 Å². The molecule has 0 atom stereocenters. The second kappa shape index (κ2) is 11.5. The molecule has 50 heavy (non-hydrogen) atoms. The molecule has 0 rings (SSSR count). The molecule has 300 valence electrons. The SMILES string of the molecule is CC(C)(C)OC(=O)C(F)(F)C(F)(F)C(F)(F)C(F)(F)C(F)(F)C(F)(F)C(F)(F)C(F)(F)C(F)(F)C(F)(F)C(F)(F)C(F)(F)C(F)(F)C(F)(F)F. The Bertz CT molecular complexity index is 1260. The Morgan fingerprint density at radius 1 is 0.300 bits per heavy atom. The van der Waals surface area contributed by atoms with Crippen LogP contribution in [0.5, 0.6) is 0 Å². The maximum atomic E-state index is 13.9. The third-order valence-electron chi connectivity index (χ3n) is 5.74. The highest BCUT2D eigenvalue weighted by Crippen LogP contribution is 2.69. The van der Waals surface area contributed by atoms with Gasteiger partial charge in [0, 0.05) is 0 Å². The van der Waals surface area contributed by atoms with E-state index in [9.17, 15) is 132 Å². The maximum absolute atomic E-state index is 13.9. The summed E-state index contributed by atoms with van der Waals surface area (Å²) in [6, 6.07) is 0. The zero-order valence-corrected chi connectivity index (χ0v) is 22.8. The van der Waals surface area contributed by atoms with Crippen LogP contribution in [0.1, 0.15) is 20.8 Å². The molecule has 0 N–H and O–H groups in total. The molecule has 0 aliphatic heterocycles. The van der Waals surface area contributed by atoms with Gasteiger partial charge < -0.3 is 4.74 Å². The Kier molecular flexibility index (Phi) is 10.9. The Balaban J connectivity index is 7.58. The lowest BCUT2D eigenvalue weighted by Crippen LogP contribution is -2.79. The van der Waals surface area contributed by atoms with Crippen molar-refractivity contribution in [2.24, 2.45) is 0 Å². The van der Waals surface area contributed by atoms with Gasteiger partial charge in [0.05, 0.1) is 0 Å². The molecule has 0 aromatic carbocycles. The summed E-state index contributed by atoms with van der Waals surface area (Å²) in [6.45, 7) is 1.17. The number of ether oxygens (including phenoxy) is 1. The summed E-state index contributed by atoms with van der Waals surface area (Å²) < 4.78 is 394. The maximum Gasteiger partial charge on any atom is 0.460 e. The largest absolute Gasteiger partial charge is 0.460 e. The van der Waals surface area contributed by atoms with Gasteiger partial charge in [-0.1, -0.05) is 0 Å². The number of hydrogen-bond donors (Lipinski definition) is 0. The minimum absolute atomic E-state index is 0.390. The van der Waals surface area contributed by atoms with Gasteiger partial charge in [-0.3, -0.25) is 0 Å². The van der Waals surface area contributed by atoms with Crippen molar-refractivity contribution >= 4 is 5.97 Å². The van der Waals surface area contributed by atoms with Gasteiger partial charge in [-0.25, -0.2) is 4.79 Å². The summed E-state index contributed by atoms with van der Waals surface area (Å²) >= 11 is 0. The average molecular weight is 820 g/mol. The van der Waals surface area contributed by atoms with E-state index in [0.717, 1.165) is 0 Å². The fraction of sp³-hybridized carbons (Fsp3) is 0.947. The summed E-state index contributed by atoms with van der Waals surface area (Å²) in [5, 5.41) is 0. The van der Waals surface area contributed by atoms with Crippen LogP contribution in [0, 0.1) is 0 Å². The standard InChI is InChI=1S/C19H9F29O2/c1-5(2,3)50-4(49)6(20,21)7(22,23)8(24,25)9(26,27)10(28,29)11(30,31)12(32,33)13(34,35)14(36,37)15(38,39)16(40,41)17(42,43)18(44,45)19(46,47)48/h1-3H3. The fourth-order valence-electron chi connectivity index (χ4n) is 2.82. The summed E-state index contributed by atoms with van der Waals surface area (Å²) in [5.74, 6) is -126. The molecule has 0 unspecified atom stereocenters. The number of alkyl halides is 29. The first kappa shape index (κ1) is 47.4. The first-order chi connectivity index (χ1) is 20.9. The molecule has 0 radical (unpaired) electrons. The first-order valence-corrected chi connectivity index (χ1v) is 11.1. The molecule has 0 fully saturated rings. The summed E-state index contributed by atoms with van der Waals surface area (Å²) in [5.41, 5.74) is -2.56. The summed E-state index contributed by atoms with van der Waals surface area (Å²) in [4.78, 5) is 11.1. The molecular weight excluding hydrogens is 811 g/mol. The molecular formula is C19H9F29O2. The van der Waals surface area contributed by atoms with Gasteiger partial charge in [-0.05, 0) is 20.8 Å². The molecule has 0 aromatic heterocycles. The highest BCUT2D eigenvalue weighted by molar-refractivity contribution is 5.79. The Morgan fingerprint density at radius 3 is 0.620 bits per heavy atom. The van der Waals surface area contributed by atoms with Gasteiger partial charge >= 0.3 is 89.1 Å². The molecule has 0 aliphatic carbocycles. The van der Waals surface area contributed by atoms with Gasteiger partial charge in [0.1, 0.15) is 5.60 Å². The second-order valence-corrected chi connectivity index (χ2v) is 10.5. The molecule has 0 amide bonds. The van der Waals surface area contributed by atoms with Crippen LogP contribution in [0.15, 0.2) is 0 Å². The van der Waals surface area contributed by atoms with Gasteiger partial charge in [0.25, 0.3) is 0 Å². The zero-order valence-electron chi connectivity index (χ0n) is 22.8. The smallest absolute Gasteiger partial charge is 0.455 e. The molecule has 31 heteroatoms. The molecule has 0 bridgehead atoms. The number of carbonyl (C=O) groups is 1. The minimum Gasteiger partial charge on any atom is -0.455 e. The van der Waals surface area contributed by atoms with Crippen molar-refractivity contribution in [2.75, 3.05) is 0 Å². The minimum atomic E-state index is -9.99. The Hall–Kier alpha value is -2.56.